The van der Waals surface area contributed by atoms with E-state index in [4.69, 9.17) is 4.74 Å². The Morgan fingerprint density at radius 1 is 1.67 bits per heavy atom. The Kier molecular flexibility index (Phi) is 2.69. The van der Waals surface area contributed by atoms with Crippen molar-refractivity contribution in [2.24, 2.45) is 0 Å². The van der Waals surface area contributed by atoms with E-state index in [1.807, 2.05) is 0 Å². The molecule has 0 bridgehead atoms. The van der Waals surface area contributed by atoms with Gasteiger partial charge in [0.1, 0.15) is 10.9 Å². The van der Waals surface area contributed by atoms with Crippen LogP contribution < -0.4 is 4.74 Å². The second-order valence-electron chi connectivity index (χ2n) is 1.30. The first-order chi connectivity index (χ1) is 4.43. The lowest BCUT2D eigenvalue weighted by Gasteiger charge is -1.96. The monoisotopic (exact) mass is 236 g/mol. The molecule has 48 valence electrons. The molecule has 0 radical (unpaired) electrons. The van der Waals surface area contributed by atoms with Crippen molar-refractivity contribution in [3.05, 3.63) is 18.6 Å². The summed E-state index contributed by atoms with van der Waals surface area (Å²) in [4.78, 5) is 7.56. The molecule has 0 spiro atoms. The van der Waals surface area contributed by atoms with Gasteiger partial charge in [-0.25, -0.2) is 9.97 Å². The van der Waals surface area contributed by atoms with Gasteiger partial charge in [-0.2, -0.15) is 0 Å². The Bertz CT molecular complexity index is 168. The summed E-state index contributed by atoms with van der Waals surface area (Å²) in [6.07, 6.45) is 3.11. The zero-order chi connectivity index (χ0) is 6.53. The van der Waals surface area contributed by atoms with Gasteiger partial charge in [0.05, 0.1) is 0 Å². The van der Waals surface area contributed by atoms with E-state index >= 15 is 0 Å². The summed E-state index contributed by atoms with van der Waals surface area (Å²) in [7, 11) is 0. The fraction of sp³-hybridized carbons (Fsp3) is 0.200. The summed E-state index contributed by atoms with van der Waals surface area (Å²) >= 11 is 2.11. The molecule has 0 saturated carbocycles. The maximum absolute atomic E-state index is 5.04. The van der Waals surface area contributed by atoms with Crippen LogP contribution in [0.2, 0.25) is 0 Å². The van der Waals surface area contributed by atoms with E-state index in [1.165, 1.54) is 6.33 Å². The molecule has 1 heterocycles. The minimum absolute atomic E-state index is 0.620. The molecule has 1 rings (SSSR count). The van der Waals surface area contributed by atoms with Crippen molar-refractivity contribution in [1.29, 1.82) is 0 Å². The molecule has 0 amide bonds. The van der Waals surface area contributed by atoms with Gasteiger partial charge in [0, 0.05) is 12.3 Å². The predicted molar refractivity (Wildman–Crippen MR) is 41.5 cm³/mol. The van der Waals surface area contributed by atoms with Gasteiger partial charge in [-0.15, -0.1) is 0 Å². The highest BCUT2D eigenvalue weighted by Crippen LogP contribution is 2.01. The lowest BCUT2D eigenvalue weighted by Crippen LogP contribution is -1.90. The summed E-state index contributed by atoms with van der Waals surface area (Å²) in [6.45, 7) is 0. The van der Waals surface area contributed by atoms with Gasteiger partial charge in [0.25, 0.3) is 0 Å². The quantitative estimate of drug-likeness (QED) is 0.572. The van der Waals surface area contributed by atoms with Crippen LogP contribution in [-0.4, -0.2) is 14.6 Å². The predicted octanol–water partition coefficient (Wildman–Crippen LogP) is 1.25. The number of rotatable bonds is 2. The van der Waals surface area contributed by atoms with Crippen LogP contribution >= 0.6 is 22.6 Å². The highest BCUT2D eigenvalue weighted by Gasteiger charge is 1.87. The van der Waals surface area contributed by atoms with Crippen LogP contribution in [-0.2, 0) is 0 Å². The minimum Gasteiger partial charge on any atom is -0.467 e. The van der Waals surface area contributed by atoms with Crippen LogP contribution in [0.15, 0.2) is 18.6 Å². The molecule has 3 nitrogen and oxygen atoms in total. The summed E-state index contributed by atoms with van der Waals surface area (Å²) in [5.41, 5.74) is 0. The molecule has 0 atom stereocenters. The number of aromatic nitrogens is 2. The van der Waals surface area contributed by atoms with Crippen molar-refractivity contribution in [3.63, 3.8) is 0 Å². The average molecular weight is 236 g/mol. The summed E-state index contributed by atoms with van der Waals surface area (Å²) in [5.74, 6) is 0.624. The SMILES string of the molecule is ICOc1ccncn1. The Hall–Kier alpha value is -0.390. The molecule has 0 aromatic carbocycles. The molecule has 4 heteroatoms. The Labute approximate surface area is 66.6 Å². The third-order valence-corrected chi connectivity index (χ3v) is 1.07. The molecule has 0 aliphatic carbocycles. The van der Waals surface area contributed by atoms with Gasteiger partial charge in [-0.05, 0) is 22.6 Å². The summed E-state index contributed by atoms with van der Waals surface area (Å²) in [5, 5.41) is 0. The maximum atomic E-state index is 5.04. The highest BCUT2D eigenvalue weighted by atomic mass is 127. The minimum atomic E-state index is 0.620. The maximum Gasteiger partial charge on any atom is 0.217 e. The van der Waals surface area contributed by atoms with Crippen molar-refractivity contribution in [1.82, 2.24) is 9.97 Å². The summed E-state index contributed by atoms with van der Waals surface area (Å²) < 4.78 is 5.66. The van der Waals surface area contributed by atoms with Crippen LogP contribution in [0, 0.1) is 0 Å². The van der Waals surface area contributed by atoms with Crippen molar-refractivity contribution in [3.8, 4) is 5.88 Å². The molecule has 0 N–H and O–H groups in total. The van der Waals surface area contributed by atoms with Crippen molar-refractivity contribution in [2.75, 3.05) is 4.61 Å². The largest absolute Gasteiger partial charge is 0.467 e. The zero-order valence-electron chi connectivity index (χ0n) is 4.62. The smallest absolute Gasteiger partial charge is 0.217 e. The van der Waals surface area contributed by atoms with Crippen molar-refractivity contribution in [2.45, 2.75) is 0 Å². The van der Waals surface area contributed by atoms with Crippen LogP contribution in [0.5, 0.6) is 5.88 Å². The van der Waals surface area contributed by atoms with Crippen LogP contribution in [0.3, 0.4) is 0 Å². The van der Waals surface area contributed by atoms with E-state index in [0.29, 0.717) is 10.5 Å². The molecule has 0 fully saturated rings. The van der Waals surface area contributed by atoms with Crippen LogP contribution in [0.25, 0.3) is 0 Å². The van der Waals surface area contributed by atoms with E-state index < -0.39 is 0 Å². The molecule has 0 unspecified atom stereocenters. The highest BCUT2D eigenvalue weighted by molar-refractivity contribution is 14.1. The molecule has 9 heavy (non-hydrogen) atoms. The van der Waals surface area contributed by atoms with Gasteiger partial charge in [0.15, 0.2) is 0 Å². The average Bonchev–Trinajstić information content (AvgIpc) is 1.91. The fourth-order valence-electron chi connectivity index (χ4n) is 0.420. The van der Waals surface area contributed by atoms with E-state index in [0.717, 1.165) is 0 Å². The number of hydrogen-bond donors (Lipinski definition) is 0. The first-order valence-corrected chi connectivity index (χ1v) is 3.91. The van der Waals surface area contributed by atoms with Gasteiger partial charge < -0.3 is 4.74 Å². The number of halogens is 1. The molecule has 0 aliphatic heterocycles. The van der Waals surface area contributed by atoms with Crippen LogP contribution in [0.1, 0.15) is 0 Å². The van der Waals surface area contributed by atoms with Crippen molar-refractivity contribution >= 4 is 22.6 Å². The Morgan fingerprint density at radius 2 is 2.56 bits per heavy atom. The number of nitrogens with zero attached hydrogens (tertiary/aromatic N) is 2. The third-order valence-electron chi connectivity index (χ3n) is 0.757. The molecule has 1 aromatic rings. The first kappa shape index (κ1) is 6.73. The van der Waals surface area contributed by atoms with Crippen molar-refractivity contribution < 1.29 is 4.74 Å². The first-order valence-electron chi connectivity index (χ1n) is 2.38. The molecule has 1 aromatic heterocycles. The zero-order valence-corrected chi connectivity index (χ0v) is 6.78. The Morgan fingerprint density at radius 3 is 3.11 bits per heavy atom. The molecule has 0 saturated heterocycles. The topological polar surface area (TPSA) is 35.0 Å². The van der Waals surface area contributed by atoms with Crippen LogP contribution in [0.4, 0.5) is 0 Å². The Balaban J connectivity index is 2.61. The molecular weight excluding hydrogens is 231 g/mol. The van der Waals surface area contributed by atoms with E-state index in [2.05, 4.69) is 32.6 Å². The third kappa shape index (κ3) is 2.13. The second kappa shape index (κ2) is 3.60. The lowest BCUT2D eigenvalue weighted by atomic mass is 10.6. The lowest BCUT2D eigenvalue weighted by molar-refractivity contribution is 0.387. The molecule has 0 aliphatic rings. The van der Waals surface area contributed by atoms with Gasteiger partial charge in [0.2, 0.25) is 5.88 Å². The number of hydrogen-bond acceptors (Lipinski definition) is 3. The summed E-state index contributed by atoms with van der Waals surface area (Å²) in [6, 6.07) is 1.72. The molecular formula is C5H5IN2O. The van der Waals surface area contributed by atoms with E-state index in [9.17, 15) is 0 Å². The van der Waals surface area contributed by atoms with Gasteiger partial charge in [-0.3, -0.25) is 0 Å². The van der Waals surface area contributed by atoms with Gasteiger partial charge in [-0.1, -0.05) is 0 Å². The standard InChI is InChI=1S/C5H5IN2O/c6-3-9-5-1-2-7-4-8-5/h1-2,4H,3H2. The normalized spacial score (nSPS) is 9.00. The number of ether oxygens (including phenoxy) is 1. The number of alkyl halides is 1. The van der Waals surface area contributed by atoms with E-state index in [-0.39, 0.29) is 0 Å². The van der Waals surface area contributed by atoms with E-state index in [1.54, 1.807) is 12.3 Å². The van der Waals surface area contributed by atoms with Gasteiger partial charge >= 0.3 is 0 Å². The second-order valence-corrected chi connectivity index (χ2v) is 1.92. The fourth-order valence-corrected chi connectivity index (χ4v) is 0.739.